The lowest BCUT2D eigenvalue weighted by molar-refractivity contribution is -0.196. The lowest BCUT2D eigenvalue weighted by Crippen LogP contribution is -2.53. The van der Waals surface area contributed by atoms with Crippen LogP contribution in [0.3, 0.4) is 0 Å². The quantitative estimate of drug-likeness (QED) is 0.540. The molecule has 1 nitrogen and oxygen atoms in total. The van der Waals surface area contributed by atoms with Crippen LogP contribution in [0.5, 0.6) is 0 Å². The second-order valence-corrected chi connectivity index (χ2v) is 5.50. The van der Waals surface area contributed by atoms with Crippen molar-refractivity contribution in [3.63, 3.8) is 0 Å². The van der Waals surface area contributed by atoms with Gasteiger partial charge in [0.1, 0.15) is 0 Å². The molecule has 3 fully saturated rings. The second-order valence-electron chi connectivity index (χ2n) is 5.50. The fourth-order valence-corrected chi connectivity index (χ4v) is 2.70. The van der Waals surface area contributed by atoms with E-state index in [4.69, 9.17) is 4.74 Å². The summed E-state index contributed by atoms with van der Waals surface area (Å²) < 4.78 is 6.03. The second kappa shape index (κ2) is 2.47. The summed E-state index contributed by atoms with van der Waals surface area (Å²) in [4.78, 5) is 0. The molecule has 3 rings (SSSR count). The fraction of sp³-hybridized carbons (Fsp3) is 1.00. The van der Waals surface area contributed by atoms with Crippen molar-refractivity contribution in [3.05, 3.63) is 0 Å². The van der Waals surface area contributed by atoms with Crippen LogP contribution in [0.25, 0.3) is 0 Å². The Morgan fingerprint density at radius 3 is 2.00 bits per heavy atom. The van der Waals surface area contributed by atoms with Crippen molar-refractivity contribution in [2.24, 2.45) is 11.3 Å². The summed E-state index contributed by atoms with van der Waals surface area (Å²) >= 11 is 0. The highest BCUT2D eigenvalue weighted by Gasteiger charge is 2.48. The summed E-state index contributed by atoms with van der Waals surface area (Å²) in [6.45, 7) is 7.98. The van der Waals surface area contributed by atoms with Gasteiger partial charge >= 0.3 is 0 Å². The Labute approximate surface area is 75.5 Å². The molecule has 0 aromatic carbocycles. The first-order valence-electron chi connectivity index (χ1n) is 5.17. The van der Waals surface area contributed by atoms with Crippen LogP contribution in [-0.4, -0.2) is 12.2 Å². The minimum atomic E-state index is 0.224. The fourth-order valence-electron chi connectivity index (χ4n) is 2.70. The van der Waals surface area contributed by atoms with E-state index in [1.165, 1.54) is 25.7 Å². The van der Waals surface area contributed by atoms with Crippen LogP contribution in [0.1, 0.15) is 46.5 Å². The van der Waals surface area contributed by atoms with E-state index in [1.807, 2.05) is 0 Å². The van der Waals surface area contributed by atoms with Crippen molar-refractivity contribution in [1.29, 1.82) is 0 Å². The Kier molecular flexibility index (Phi) is 1.76. The number of fused-ring (bicyclic) bond motifs is 3. The maximum absolute atomic E-state index is 6.03. The molecule has 70 valence electrons. The molecule has 2 saturated heterocycles. The predicted molar refractivity (Wildman–Crippen MR) is 50.1 cm³/mol. The van der Waals surface area contributed by atoms with Gasteiger partial charge in [-0.05, 0) is 37.0 Å². The third-order valence-electron chi connectivity index (χ3n) is 3.88. The van der Waals surface area contributed by atoms with Crippen molar-refractivity contribution in [3.8, 4) is 0 Å². The van der Waals surface area contributed by atoms with Crippen LogP contribution in [-0.2, 0) is 4.74 Å². The lowest BCUT2D eigenvalue weighted by Gasteiger charge is -2.53. The van der Waals surface area contributed by atoms with Crippen LogP contribution in [0.4, 0.5) is 0 Å². The number of rotatable bonds is 0. The minimum absolute atomic E-state index is 0.224. The normalized spacial score (nSPS) is 41.8. The molecule has 2 bridgehead atoms. The molecule has 0 N–H and O–H groups in total. The first-order valence-corrected chi connectivity index (χ1v) is 5.17. The van der Waals surface area contributed by atoms with Gasteiger partial charge in [0.2, 0.25) is 0 Å². The minimum Gasteiger partial charge on any atom is -0.374 e. The lowest BCUT2D eigenvalue weighted by atomic mass is 9.64. The maximum Gasteiger partial charge on any atom is 0.0730 e. The van der Waals surface area contributed by atoms with Crippen molar-refractivity contribution in [2.45, 2.75) is 52.1 Å². The topological polar surface area (TPSA) is 9.23 Å². The molecule has 3 aliphatic rings. The zero-order chi connectivity index (χ0) is 8.82. The van der Waals surface area contributed by atoms with Gasteiger partial charge in [0, 0.05) is 0 Å². The molecule has 0 atom stereocenters. The Hall–Kier alpha value is -0.0400. The van der Waals surface area contributed by atoms with Crippen molar-refractivity contribution < 1.29 is 4.74 Å². The SMILES string of the molecule is CC(C)(C)C12CCC(CC1)CO2. The molecule has 2 heterocycles. The van der Waals surface area contributed by atoms with Gasteiger partial charge in [0.25, 0.3) is 0 Å². The van der Waals surface area contributed by atoms with E-state index in [9.17, 15) is 0 Å². The Balaban J connectivity index is 2.19. The molecule has 0 aromatic heterocycles. The molecule has 1 aliphatic carbocycles. The predicted octanol–water partition coefficient (Wildman–Crippen LogP) is 2.99. The molecule has 0 spiro atoms. The zero-order valence-corrected chi connectivity index (χ0v) is 8.52. The maximum atomic E-state index is 6.03. The smallest absolute Gasteiger partial charge is 0.0730 e. The standard InChI is InChI=1S/C11H20O/c1-10(2,3)11-6-4-9(5-7-11)8-12-11/h9H,4-8H2,1-3H3. The van der Waals surface area contributed by atoms with E-state index in [2.05, 4.69) is 20.8 Å². The molecule has 0 amide bonds. The molecular formula is C11H20O. The van der Waals surface area contributed by atoms with Crippen molar-refractivity contribution in [1.82, 2.24) is 0 Å². The highest BCUT2D eigenvalue weighted by atomic mass is 16.5. The Morgan fingerprint density at radius 1 is 1.17 bits per heavy atom. The van der Waals surface area contributed by atoms with Crippen LogP contribution in [0, 0.1) is 11.3 Å². The molecule has 1 heteroatoms. The monoisotopic (exact) mass is 168 g/mol. The number of hydrogen-bond donors (Lipinski definition) is 0. The van der Waals surface area contributed by atoms with E-state index in [0.717, 1.165) is 12.5 Å². The van der Waals surface area contributed by atoms with Crippen LogP contribution in [0.2, 0.25) is 0 Å². The molecule has 0 radical (unpaired) electrons. The average molecular weight is 168 g/mol. The van der Waals surface area contributed by atoms with Crippen molar-refractivity contribution >= 4 is 0 Å². The average Bonchev–Trinajstić information content (AvgIpc) is 2.06. The molecule has 1 saturated carbocycles. The van der Waals surface area contributed by atoms with Crippen LogP contribution in [0.15, 0.2) is 0 Å². The summed E-state index contributed by atoms with van der Waals surface area (Å²) in [6.07, 6.45) is 5.39. The van der Waals surface area contributed by atoms with Crippen LogP contribution < -0.4 is 0 Å². The summed E-state index contributed by atoms with van der Waals surface area (Å²) in [5, 5.41) is 0. The van der Waals surface area contributed by atoms with E-state index in [1.54, 1.807) is 0 Å². The Bertz CT molecular complexity index is 156. The van der Waals surface area contributed by atoms with Gasteiger partial charge in [0.15, 0.2) is 0 Å². The summed E-state index contributed by atoms with van der Waals surface area (Å²) in [7, 11) is 0. The molecule has 2 aliphatic heterocycles. The summed E-state index contributed by atoms with van der Waals surface area (Å²) in [5.41, 5.74) is 0.556. The first kappa shape index (κ1) is 8.55. The van der Waals surface area contributed by atoms with Gasteiger partial charge in [-0.2, -0.15) is 0 Å². The van der Waals surface area contributed by atoms with Gasteiger partial charge in [-0.3, -0.25) is 0 Å². The van der Waals surface area contributed by atoms with E-state index >= 15 is 0 Å². The zero-order valence-electron chi connectivity index (χ0n) is 8.52. The third-order valence-corrected chi connectivity index (χ3v) is 3.88. The van der Waals surface area contributed by atoms with Gasteiger partial charge in [0.05, 0.1) is 12.2 Å². The van der Waals surface area contributed by atoms with Gasteiger partial charge in [-0.15, -0.1) is 0 Å². The van der Waals surface area contributed by atoms with Gasteiger partial charge in [-0.25, -0.2) is 0 Å². The summed E-state index contributed by atoms with van der Waals surface area (Å²) in [5.74, 6) is 0.884. The van der Waals surface area contributed by atoms with Crippen molar-refractivity contribution in [2.75, 3.05) is 6.61 Å². The van der Waals surface area contributed by atoms with Crippen LogP contribution >= 0.6 is 0 Å². The van der Waals surface area contributed by atoms with Gasteiger partial charge in [-0.1, -0.05) is 20.8 Å². The largest absolute Gasteiger partial charge is 0.374 e. The third kappa shape index (κ3) is 1.10. The molecule has 0 aromatic rings. The summed E-state index contributed by atoms with van der Waals surface area (Å²) in [6, 6.07) is 0. The van der Waals surface area contributed by atoms with E-state index in [-0.39, 0.29) is 5.60 Å². The molecule has 0 unspecified atom stereocenters. The van der Waals surface area contributed by atoms with E-state index < -0.39 is 0 Å². The number of ether oxygens (including phenoxy) is 1. The Morgan fingerprint density at radius 2 is 1.75 bits per heavy atom. The molecule has 12 heavy (non-hydrogen) atoms. The van der Waals surface area contributed by atoms with Gasteiger partial charge < -0.3 is 4.74 Å². The first-order chi connectivity index (χ1) is 5.54. The molecular weight excluding hydrogens is 148 g/mol. The highest BCUT2D eigenvalue weighted by molar-refractivity contribution is 4.99. The number of hydrogen-bond acceptors (Lipinski definition) is 1. The highest BCUT2D eigenvalue weighted by Crippen LogP contribution is 2.50. The van der Waals surface area contributed by atoms with E-state index in [0.29, 0.717) is 5.41 Å².